The number of anilines is 1. The van der Waals surface area contributed by atoms with Crippen LogP contribution >= 0.6 is 0 Å². The van der Waals surface area contributed by atoms with Crippen LogP contribution in [0, 0.1) is 0 Å². The van der Waals surface area contributed by atoms with E-state index in [0.29, 0.717) is 0 Å². The zero-order chi connectivity index (χ0) is 25.7. The minimum atomic E-state index is -0.574. The van der Waals surface area contributed by atoms with Gasteiger partial charge in [0.1, 0.15) is 5.82 Å². The molecule has 0 amide bonds. The number of imidazole rings is 1. The van der Waals surface area contributed by atoms with Gasteiger partial charge >= 0.3 is 5.97 Å². The number of methoxy groups -OCH3 is 1. The molecule has 1 N–H and O–H groups in total. The van der Waals surface area contributed by atoms with Crippen molar-refractivity contribution in [2.24, 2.45) is 0 Å². The lowest BCUT2D eigenvalue weighted by Gasteiger charge is -2.37. The van der Waals surface area contributed by atoms with Crippen molar-refractivity contribution >= 4 is 22.7 Å². The second-order valence-corrected chi connectivity index (χ2v) is 9.88. The Hall–Kier alpha value is -3.64. The highest BCUT2D eigenvalue weighted by Crippen LogP contribution is 2.35. The number of benzene rings is 3. The molecule has 1 atom stereocenters. The van der Waals surface area contributed by atoms with Gasteiger partial charge < -0.3 is 14.6 Å². The van der Waals surface area contributed by atoms with Gasteiger partial charge in [0, 0.05) is 37.4 Å². The molecule has 0 aliphatic carbocycles. The second-order valence-electron chi connectivity index (χ2n) is 9.88. The maximum absolute atomic E-state index is 12.9. The summed E-state index contributed by atoms with van der Waals surface area (Å²) in [5.41, 5.74) is 4.87. The van der Waals surface area contributed by atoms with Gasteiger partial charge in [-0.05, 0) is 55.6 Å². The summed E-state index contributed by atoms with van der Waals surface area (Å²) >= 11 is 0. The van der Waals surface area contributed by atoms with E-state index in [1.165, 1.54) is 12.8 Å². The third kappa shape index (κ3) is 5.25. The van der Waals surface area contributed by atoms with Crippen LogP contribution in [0.15, 0.2) is 78.9 Å². The quantitative estimate of drug-likeness (QED) is 0.303. The lowest BCUT2D eigenvalue weighted by Crippen LogP contribution is -2.47. The second kappa shape index (κ2) is 11.2. The van der Waals surface area contributed by atoms with E-state index in [9.17, 15) is 4.79 Å². The van der Waals surface area contributed by atoms with Crippen LogP contribution in [-0.4, -0.2) is 60.7 Å². The van der Waals surface area contributed by atoms with Crippen molar-refractivity contribution in [3.63, 3.8) is 0 Å². The van der Waals surface area contributed by atoms with Crippen molar-refractivity contribution < 1.29 is 9.53 Å². The van der Waals surface area contributed by atoms with E-state index in [-0.39, 0.29) is 5.97 Å². The van der Waals surface area contributed by atoms with Crippen LogP contribution in [0.2, 0.25) is 0 Å². The first-order chi connectivity index (χ1) is 18.1. The van der Waals surface area contributed by atoms with E-state index in [0.717, 1.165) is 80.0 Å². The molecule has 1 fully saturated rings. The van der Waals surface area contributed by atoms with Gasteiger partial charge in [-0.25, -0.2) is 4.98 Å². The smallest absolute Gasteiger partial charge is 0.316 e. The molecular weight excluding hydrogens is 460 g/mol. The topological polar surface area (TPSA) is 61.5 Å². The van der Waals surface area contributed by atoms with Crippen molar-refractivity contribution in [2.45, 2.75) is 31.6 Å². The Morgan fingerprint density at radius 1 is 0.973 bits per heavy atom. The summed E-state index contributed by atoms with van der Waals surface area (Å²) in [6.07, 6.45) is 2.48. The lowest BCUT2D eigenvalue weighted by molar-refractivity contribution is -0.148. The first kappa shape index (κ1) is 25.0. The number of nitrogens with one attached hydrogen (secondary N) is 1. The van der Waals surface area contributed by atoms with Gasteiger partial charge in [-0.1, -0.05) is 61.5 Å². The molecule has 1 aliphatic heterocycles. The van der Waals surface area contributed by atoms with Gasteiger partial charge in [0.05, 0.1) is 23.6 Å². The summed E-state index contributed by atoms with van der Waals surface area (Å²) in [5.74, 6) is 0.778. The van der Waals surface area contributed by atoms with Crippen LogP contribution in [0.3, 0.4) is 0 Å². The fraction of sp³-hybridized carbons (Fsp3) is 0.355. The molecule has 0 radical (unpaired) electrons. The minimum Gasteiger partial charge on any atom is -0.468 e. The van der Waals surface area contributed by atoms with Crippen LogP contribution in [-0.2, 0) is 14.9 Å². The molecule has 37 heavy (non-hydrogen) atoms. The lowest BCUT2D eigenvalue weighted by atomic mass is 9.74. The average Bonchev–Trinajstić information content (AvgIpc) is 3.41. The summed E-state index contributed by atoms with van der Waals surface area (Å²) in [4.78, 5) is 26.1. The maximum atomic E-state index is 12.9. The number of aromatic nitrogens is 2. The summed E-state index contributed by atoms with van der Waals surface area (Å²) in [7, 11) is 1.50. The molecular formula is C31H36N4O2. The van der Waals surface area contributed by atoms with Gasteiger partial charge in [-0.2, -0.15) is 0 Å². The first-order valence-electron chi connectivity index (χ1n) is 13.3. The van der Waals surface area contributed by atoms with Crippen LogP contribution in [0.4, 0.5) is 5.69 Å². The SMILES string of the molecule is CCC(CCCN1CCN(c2cccc(-c3nc4ccccc4[nH]3)c2)CC1)(C(=O)OC)c1ccccc1. The van der Waals surface area contributed by atoms with Crippen molar-refractivity contribution in [1.82, 2.24) is 14.9 Å². The molecule has 1 saturated heterocycles. The standard InChI is InChI=1S/C31H36N4O2/c1-3-31(30(36)37-2,25-12-5-4-6-13-25)17-10-18-34-19-21-35(22-20-34)26-14-9-11-24(23-26)29-32-27-15-7-8-16-28(27)33-29/h4-9,11-16,23H,3,10,17-22H2,1-2H3,(H,32,33). The molecule has 2 heterocycles. The molecule has 6 heteroatoms. The van der Waals surface area contributed by atoms with E-state index in [2.05, 4.69) is 64.2 Å². The van der Waals surface area contributed by atoms with Gasteiger partial charge in [-0.15, -0.1) is 0 Å². The number of ether oxygens (including phenoxy) is 1. The van der Waals surface area contributed by atoms with Gasteiger partial charge in [0.15, 0.2) is 0 Å². The molecule has 192 valence electrons. The first-order valence-corrected chi connectivity index (χ1v) is 13.3. The Morgan fingerprint density at radius 2 is 1.73 bits per heavy atom. The van der Waals surface area contributed by atoms with E-state index in [1.807, 2.05) is 36.4 Å². The highest BCUT2D eigenvalue weighted by Gasteiger charge is 2.39. The summed E-state index contributed by atoms with van der Waals surface area (Å²) in [6, 6.07) is 26.9. The van der Waals surface area contributed by atoms with Crippen LogP contribution in [0.1, 0.15) is 31.7 Å². The molecule has 6 nitrogen and oxygen atoms in total. The molecule has 0 bridgehead atoms. The summed E-state index contributed by atoms with van der Waals surface area (Å²) in [6.45, 7) is 7.06. The van der Waals surface area contributed by atoms with Crippen molar-refractivity contribution in [2.75, 3.05) is 44.7 Å². The van der Waals surface area contributed by atoms with Crippen molar-refractivity contribution in [3.8, 4) is 11.4 Å². The number of esters is 1. The number of fused-ring (bicyclic) bond motifs is 1. The highest BCUT2D eigenvalue weighted by atomic mass is 16.5. The predicted molar refractivity (Wildman–Crippen MR) is 150 cm³/mol. The average molecular weight is 497 g/mol. The maximum Gasteiger partial charge on any atom is 0.316 e. The third-order valence-electron chi connectivity index (χ3n) is 7.83. The Morgan fingerprint density at radius 3 is 2.46 bits per heavy atom. The van der Waals surface area contributed by atoms with Crippen molar-refractivity contribution in [1.29, 1.82) is 0 Å². The Bertz CT molecular complexity index is 1290. The zero-order valence-electron chi connectivity index (χ0n) is 21.8. The number of H-pyrrole nitrogens is 1. The van der Waals surface area contributed by atoms with Gasteiger partial charge in [0.25, 0.3) is 0 Å². The van der Waals surface area contributed by atoms with Gasteiger partial charge in [0.2, 0.25) is 0 Å². The number of hydrogen-bond acceptors (Lipinski definition) is 5. The number of hydrogen-bond donors (Lipinski definition) is 1. The van der Waals surface area contributed by atoms with Crippen LogP contribution in [0.25, 0.3) is 22.4 Å². The molecule has 1 aromatic heterocycles. The van der Waals surface area contributed by atoms with Crippen molar-refractivity contribution in [3.05, 3.63) is 84.4 Å². The fourth-order valence-corrected chi connectivity index (χ4v) is 5.62. The number of nitrogens with zero attached hydrogens (tertiary/aromatic N) is 3. The molecule has 1 unspecified atom stereocenters. The largest absolute Gasteiger partial charge is 0.468 e. The van der Waals surface area contributed by atoms with E-state index >= 15 is 0 Å². The van der Waals surface area contributed by atoms with E-state index < -0.39 is 5.41 Å². The summed E-state index contributed by atoms with van der Waals surface area (Å²) in [5, 5.41) is 0. The van der Waals surface area contributed by atoms with Gasteiger partial charge in [-0.3, -0.25) is 9.69 Å². The number of rotatable bonds is 9. The molecule has 1 aliphatic rings. The summed E-state index contributed by atoms with van der Waals surface area (Å²) < 4.78 is 5.26. The van der Waals surface area contributed by atoms with E-state index in [4.69, 9.17) is 9.72 Å². The Kier molecular flexibility index (Phi) is 7.56. The fourth-order valence-electron chi connectivity index (χ4n) is 5.62. The Labute approximate surface area is 219 Å². The zero-order valence-corrected chi connectivity index (χ0v) is 21.8. The monoisotopic (exact) mass is 496 g/mol. The number of carbonyl (C=O) groups is 1. The number of aromatic amines is 1. The molecule has 0 saturated carbocycles. The van der Waals surface area contributed by atoms with Crippen LogP contribution in [0.5, 0.6) is 0 Å². The Balaban J connectivity index is 1.19. The molecule has 0 spiro atoms. The minimum absolute atomic E-state index is 0.129. The molecule has 3 aromatic carbocycles. The normalized spacial score (nSPS) is 16.0. The third-order valence-corrected chi connectivity index (χ3v) is 7.83. The number of carbonyl (C=O) groups excluding carboxylic acids is 1. The molecule has 5 rings (SSSR count). The van der Waals surface area contributed by atoms with E-state index in [1.54, 1.807) is 0 Å². The van der Waals surface area contributed by atoms with Crippen LogP contribution < -0.4 is 4.90 Å². The number of para-hydroxylation sites is 2. The predicted octanol–water partition coefficient (Wildman–Crippen LogP) is 5.65. The highest BCUT2D eigenvalue weighted by molar-refractivity contribution is 5.83. The molecule has 4 aromatic rings. The number of piperazine rings is 1.